The third-order valence-electron chi connectivity index (χ3n) is 5.13. The number of carbonyl (C=O) groups excluding carboxylic acids is 1. The molecule has 199 valence electrons. The van der Waals surface area contributed by atoms with Crippen LogP contribution in [0, 0.1) is 6.42 Å². The summed E-state index contributed by atoms with van der Waals surface area (Å²) >= 11 is 5.86. The molecule has 2 heterocycles. The van der Waals surface area contributed by atoms with Crippen molar-refractivity contribution < 1.29 is 31.1 Å². The number of aromatic nitrogens is 6. The van der Waals surface area contributed by atoms with Gasteiger partial charge < -0.3 is 5.73 Å². The van der Waals surface area contributed by atoms with Crippen LogP contribution in [0.2, 0.25) is 5.02 Å². The van der Waals surface area contributed by atoms with E-state index in [-0.39, 0.29) is 23.6 Å². The number of rotatable bonds is 7. The van der Waals surface area contributed by atoms with Crippen LogP contribution in [0.15, 0.2) is 53.3 Å². The fraction of sp³-hybridized carbons (Fsp3) is 0.182. The third-order valence-corrected chi connectivity index (χ3v) is 5.38. The molecule has 4 aromatic rings. The second-order valence-electron chi connectivity index (χ2n) is 7.77. The van der Waals surface area contributed by atoms with Crippen molar-refractivity contribution in [3.05, 3.63) is 87.7 Å². The molecule has 0 atom stereocenters. The summed E-state index contributed by atoms with van der Waals surface area (Å²) in [6.07, 6.45) is -9.55. The van der Waals surface area contributed by atoms with Crippen LogP contribution >= 0.6 is 11.6 Å². The molecule has 0 aliphatic rings. The highest BCUT2D eigenvalue weighted by Crippen LogP contribution is 2.33. The van der Waals surface area contributed by atoms with Gasteiger partial charge in [-0.15, -0.1) is 10.2 Å². The van der Waals surface area contributed by atoms with Crippen molar-refractivity contribution in [2.75, 3.05) is 0 Å². The van der Waals surface area contributed by atoms with E-state index in [1.807, 2.05) is 0 Å². The van der Waals surface area contributed by atoms with E-state index in [1.165, 1.54) is 30.3 Å². The smallest absolute Gasteiger partial charge is 0.363 e. The molecule has 38 heavy (non-hydrogen) atoms. The van der Waals surface area contributed by atoms with Crippen LogP contribution in [0.4, 0.5) is 26.3 Å². The van der Waals surface area contributed by atoms with Crippen LogP contribution in [0.25, 0.3) is 17.1 Å². The molecule has 9 nitrogen and oxygen atoms in total. The molecule has 1 radical (unpaired) electrons. The molecule has 0 spiro atoms. The van der Waals surface area contributed by atoms with Gasteiger partial charge in [-0.05, 0) is 36.4 Å². The van der Waals surface area contributed by atoms with E-state index >= 15 is 0 Å². The molecular weight excluding hydrogens is 544 g/mol. The van der Waals surface area contributed by atoms with Gasteiger partial charge in [0.1, 0.15) is 6.54 Å². The molecule has 2 N–H and O–H groups in total. The topological polar surface area (TPSA) is 114 Å². The van der Waals surface area contributed by atoms with Gasteiger partial charge in [-0.3, -0.25) is 9.36 Å². The lowest BCUT2D eigenvalue weighted by atomic mass is 10.1. The van der Waals surface area contributed by atoms with Crippen LogP contribution in [0.3, 0.4) is 0 Å². The molecule has 0 bridgehead atoms. The lowest BCUT2D eigenvalue weighted by Gasteiger charge is -2.12. The average molecular weight is 559 g/mol. The highest BCUT2D eigenvalue weighted by Gasteiger charge is 2.35. The van der Waals surface area contributed by atoms with E-state index < -0.39 is 54.1 Å². The highest BCUT2D eigenvalue weighted by atomic mass is 35.5. The van der Waals surface area contributed by atoms with Crippen molar-refractivity contribution in [3.8, 4) is 17.1 Å². The van der Waals surface area contributed by atoms with E-state index in [0.717, 1.165) is 22.8 Å². The standard InChI is InChI=1S/C22H15ClF6N7O2/c23-13-7-5-12(6-8-13)18-33-35(20(38)34(18)10-9-21(24,25)26)11-16-31-19(17(30)37)36(32-16)15-4-2-1-3-14(15)22(27,28)29/h1-9H,10-11H2,(H2,30,37). The predicted molar refractivity (Wildman–Crippen MR) is 121 cm³/mol. The Labute approximate surface area is 214 Å². The Bertz CT molecular complexity index is 1540. The van der Waals surface area contributed by atoms with Crippen molar-refractivity contribution >= 4 is 17.5 Å². The van der Waals surface area contributed by atoms with Crippen LogP contribution in [-0.4, -0.2) is 41.2 Å². The predicted octanol–water partition coefficient (Wildman–Crippen LogP) is 3.88. The van der Waals surface area contributed by atoms with Gasteiger partial charge in [0.2, 0.25) is 5.82 Å². The molecule has 0 saturated heterocycles. The summed E-state index contributed by atoms with van der Waals surface area (Å²) in [4.78, 5) is 28.8. The second-order valence-corrected chi connectivity index (χ2v) is 8.21. The number of nitrogens with two attached hydrogens (primary N) is 1. The molecule has 16 heteroatoms. The molecule has 4 rings (SSSR count). The van der Waals surface area contributed by atoms with Crippen LogP contribution in [0.1, 0.15) is 22.0 Å². The van der Waals surface area contributed by atoms with Gasteiger partial charge >= 0.3 is 18.0 Å². The van der Waals surface area contributed by atoms with Crippen LogP contribution in [-0.2, 0) is 19.3 Å². The minimum Gasteiger partial charge on any atom is -0.363 e. The number of amides is 1. The summed E-state index contributed by atoms with van der Waals surface area (Å²) in [5.41, 5.74) is 2.87. The van der Waals surface area contributed by atoms with Gasteiger partial charge in [-0.2, -0.15) is 26.3 Å². The fourth-order valence-electron chi connectivity index (χ4n) is 3.50. The van der Waals surface area contributed by atoms with Crippen molar-refractivity contribution in [2.45, 2.75) is 25.4 Å². The quantitative estimate of drug-likeness (QED) is 0.346. The van der Waals surface area contributed by atoms with Gasteiger partial charge in [0.25, 0.3) is 5.91 Å². The Kier molecular flexibility index (Phi) is 7.06. The van der Waals surface area contributed by atoms with E-state index in [9.17, 15) is 35.9 Å². The maximum atomic E-state index is 13.5. The molecule has 0 unspecified atom stereocenters. The first kappa shape index (κ1) is 26.9. The first-order chi connectivity index (χ1) is 17.7. The zero-order chi connectivity index (χ0) is 27.8. The lowest BCUT2D eigenvalue weighted by molar-refractivity contribution is -0.137. The number of benzene rings is 2. The van der Waals surface area contributed by atoms with Crippen molar-refractivity contribution in [1.82, 2.24) is 29.1 Å². The summed E-state index contributed by atoms with van der Waals surface area (Å²) in [5, 5.41) is 8.31. The first-order valence-electron chi connectivity index (χ1n) is 10.5. The number of carbonyl (C=O) groups is 1. The number of nitrogens with zero attached hydrogens (tertiary/aromatic N) is 6. The number of hydrogen-bond acceptors (Lipinski definition) is 5. The van der Waals surface area contributed by atoms with Gasteiger partial charge in [-0.25, -0.2) is 19.1 Å². The van der Waals surface area contributed by atoms with Gasteiger partial charge in [-0.1, -0.05) is 23.7 Å². The third kappa shape index (κ3) is 5.72. The Morgan fingerprint density at radius 2 is 1.66 bits per heavy atom. The molecule has 0 fully saturated rings. The molecule has 2 aromatic heterocycles. The monoisotopic (exact) mass is 558 g/mol. The minimum absolute atomic E-state index is 0.0495. The summed E-state index contributed by atoms with van der Waals surface area (Å²) in [6.45, 7) is -1.48. The number of primary amides is 1. The average Bonchev–Trinajstić information content (AvgIpc) is 3.39. The zero-order valence-corrected chi connectivity index (χ0v) is 19.6. The molecule has 0 aliphatic heterocycles. The normalized spacial score (nSPS) is 12.2. The van der Waals surface area contributed by atoms with Gasteiger partial charge in [0.05, 0.1) is 17.7 Å². The molecular formula is C22H15ClF6N7O2. The Hall–Kier alpha value is -4.14. The number of hydrogen-bond donors (Lipinski definition) is 1. The van der Waals surface area contributed by atoms with E-state index in [1.54, 1.807) is 0 Å². The fourth-order valence-corrected chi connectivity index (χ4v) is 3.62. The largest absolute Gasteiger partial charge is 0.418 e. The van der Waals surface area contributed by atoms with E-state index in [4.69, 9.17) is 17.3 Å². The van der Waals surface area contributed by atoms with Crippen LogP contribution in [0.5, 0.6) is 0 Å². The lowest BCUT2D eigenvalue weighted by Crippen LogP contribution is -2.28. The Morgan fingerprint density at radius 3 is 2.26 bits per heavy atom. The Balaban J connectivity index is 1.79. The van der Waals surface area contributed by atoms with E-state index in [2.05, 4.69) is 15.2 Å². The van der Waals surface area contributed by atoms with Gasteiger partial charge in [0.15, 0.2) is 11.6 Å². The summed E-state index contributed by atoms with van der Waals surface area (Å²) < 4.78 is 81.2. The van der Waals surface area contributed by atoms with Crippen LogP contribution < -0.4 is 11.4 Å². The number of alkyl halides is 6. The molecule has 2 aromatic carbocycles. The maximum Gasteiger partial charge on any atom is 0.418 e. The number of para-hydroxylation sites is 1. The number of halogens is 7. The van der Waals surface area contributed by atoms with Crippen molar-refractivity contribution in [1.29, 1.82) is 0 Å². The van der Waals surface area contributed by atoms with E-state index in [0.29, 0.717) is 14.4 Å². The van der Waals surface area contributed by atoms with Crippen molar-refractivity contribution in [2.24, 2.45) is 5.73 Å². The minimum atomic E-state index is -4.81. The maximum absolute atomic E-state index is 13.5. The highest BCUT2D eigenvalue weighted by molar-refractivity contribution is 6.30. The summed E-state index contributed by atoms with van der Waals surface area (Å²) in [5.74, 6) is -2.36. The Morgan fingerprint density at radius 1 is 1.00 bits per heavy atom. The van der Waals surface area contributed by atoms with Crippen molar-refractivity contribution in [3.63, 3.8) is 0 Å². The molecule has 0 saturated carbocycles. The first-order valence-corrected chi connectivity index (χ1v) is 10.9. The van der Waals surface area contributed by atoms with Gasteiger partial charge in [0, 0.05) is 17.1 Å². The summed E-state index contributed by atoms with van der Waals surface area (Å²) in [7, 11) is 0. The molecule has 0 aliphatic carbocycles. The molecule has 1 amide bonds. The summed E-state index contributed by atoms with van der Waals surface area (Å²) in [6, 6.07) is 9.98. The SMILES string of the molecule is NC(=O)c1nc(Cn2nc(-c3ccc(Cl)cc3)n(C[CH]C(F)(F)F)c2=O)nn1-c1ccccc1C(F)(F)F. The zero-order valence-electron chi connectivity index (χ0n) is 18.8. The second kappa shape index (κ2) is 9.96.